The van der Waals surface area contributed by atoms with Crippen LogP contribution >= 0.6 is 22.9 Å². The number of carbonyl (C=O) groups is 1. The van der Waals surface area contributed by atoms with Gasteiger partial charge in [0.1, 0.15) is 10.6 Å². The van der Waals surface area contributed by atoms with Gasteiger partial charge in [-0.1, -0.05) is 29.0 Å². The monoisotopic (exact) mass is 290 g/mol. The first-order valence-corrected chi connectivity index (χ1v) is 6.60. The summed E-state index contributed by atoms with van der Waals surface area (Å²) in [6, 6.07) is 9.38. The lowest BCUT2D eigenvalue weighted by molar-refractivity contribution is 0.112. The summed E-state index contributed by atoms with van der Waals surface area (Å²) in [5.74, 6) is 0.606. The highest BCUT2D eigenvalue weighted by molar-refractivity contribution is 7.15. The van der Waals surface area contributed by atoms with E-state index in [0.29, 0.717) is 22.1 Å². The van der Waals surface area contributed by atoms with Crippen molar-refractivity contribution in [1.29, 1.82) is 0 Å². The molecule has 19 heavy (non-hydrogen) atoms. The van der Waals surface area contributed by atoms with Crippen molar-refractivity contribution in [1.82, 2.24) is 9.97 Å². The van der Waals surface area contributed by atoms with E-state index in [2.05, 4.69) is 9.97 Å². The van der Waals surface area contributed by atoms with Gasteiger partial charge in [0.2, 0.25) is 0 Å². The Morgan fingerprint density at radius 2 is 2.21 bits per heavy atom. The summed E-state index contributed by atoms with van der Waals surface area (Å²) in [6.07, 6.45) is 2.38. The average molecular weight is 291 g/mol. The molecule has 0 radical (unpaired) electrons. The number of fused-ring (bicyclic) bond motifs is 1. The summed E-state index contributed by atoms with van der Waals surface area (Å²) >= 11 is 6.89. The van der Waals surface area contributed by atoms with Gasteiger partial charge in [-0.2, -0.15) is 4.98 Å². The highest BCUT2D eigenvalue weighted by atomic mass is 35.5. The second-order valence-corrected chi connectivity index (χ2v) is 5.06. The maximum absolute atomic E-state index is 10.7. The van der Waals surface area contributed by atoms with Crippen LogP contribution in [0.4, 0.5) is 0 Å². The molecular formula is C13H7ClN2O2S. The van der Waals surface area contributed by atoms with E-state index in [9.17, 15) is 4.79 Å². The van der Waals surface area contributed by atoms with Gasteiger partial charge < -0.3 is 4.74 Å². The van der Waals surface area contributed by atoms with E-state index < -0.39 is 0 Å². The first kappa shape index (κ1) is 12.1. The Balaban J connectivity index is 1.93. The van der Waals surface area contributed by atoms with Gasteiger partial charge in [0.05, 0.1) is 5.52 Å². The number of benzene rings is 1. The summed E-state index contributed by atoms with van der Waals surface area (Å²) in [5.41, 5.74) is 0.832. The van der Waals surface area contributed by atoms with Crippen LogP contribution in [0.25, 0.3) is 10.9 Å². The number of halogens is 1. The van der Waals surface area contributed by atoms with Crippen molar-refractivity contribution in [2.75, 3.05) is 0 Å². The zero-order valence-corrected chi connectivity index (χ0v) is 11.1. The third kappa shape index (κ3) is 2.43. The predicted molar refractivity (Wildman–Crippen MR) is 74.3 cm³/mol. The van der Waals surface area contributed by atoms with Gasteiger partial charge in [-0.15, -0.1) is 0 Å². The number of aldehydes is 1. The fraction of sp³-hybridized carbons (Fsp3) is 0. The molecular weight excluding hydrogens is 284 g/mol. The van der Waals surface area contributed by atoms with E-state index in [1.165, 1.54) is 0 Å². The number of aromatic nitrogens is 2. The lowest BCUT2D eigenvalue weighted by atomic mass is 10.2. The summed E-state index contributed by atoms with van der Waals surface area (Å²) < 4.78 is 5.57. The van der Waals surface area contributed by atoms with Crippen LogP contribution in [0.15, 0.2) is 36.5 Å². The van der Waals surface area contributed by atoms with Crippen LogP contribution in [0.1, 0.15) is 9.67 Å². The molecule has 0 saturated heterocycles. The Labute approximate surface area is 117 Å². The molecule has 0 N–H and O–H groups in total. The molecule has 0 aliphatic rings. The maximum Gasteiger partial charge on any atom is 0.280 e. The Morgan fingerprint density at radius 3 is 3.00 bits per heavy atom. The van der Waals surface area contributed by atoms with Crippen molar-refractivity contribution >= 4 is 40.1 Å². The maximum atomic E-state index is 10.7. The Hall–Kier alpha value is -1.98. The molecule has 2 aromatic heterocycles. The molecule has 0 fully saturated rings. The number of thiazole rings is 1. The van der Waals surface area contributed by atoms with Crippen molar-refractivity contribution in [2.45, 2.75) is 0 Å². The van der Waals surface area contributed by atoms with Crippen LogP contribution in [-0.4, -0.2) is 16.3 Å². The molecule has 4 nitrogen and oxygen atoms in total. The minimum atomic E-state index is 0.161. The Bertz CT molecular complexity index is 757. The SMILES string of the molecule is O=Cc1sc(Oc2ccc3cccnc3c2)nc1Cl. The molecule has 0 aliphatic heterocycles. The van der Waals surface area contributed by atoms with Crippen molar-refractivity contribution in [3.63, 3.8) is 0 Å². The average Bonchev–Trinajstić information content (AvgIpc) is 2.78. The zero-order valence-electron chi connectivity index (χ0n) is 9.54. The second kappa shape index (κ2) is 4.95. The van der Waals surface area contributed by atoms with Gasteiger partial charge in [-0.25, -0.2) is 0 Å². The molecule has 2 heterocycles. The fourth-order valence-electron chi connectivity index (χ4n) is 1.62. The van der Waals surface area contributed by atoms with Gasteiger partial charge in [0, 0.05) is 17.6 Å². The number of hydrogen-bond donors (Lipinski definition) is 0. The molecule has 0 spiro atoms. The number of carbonyl (C=O) groups excluding carboxylic acids is 1. The number of rotatable bonds is 3. The van der Waals surface area contributed by atoms with Gasteiger partial charge in [0.25, 0.3) is 5.19 Å². The van der Waals surface area contributed by atoms with E-state index in [-0.39, 0.29) is 5.15 Å². The third-order valence-electron chi connectivity index (χ3n) is 2.48. The first-order chi connectivity index (χ1) is 9.26. The highest BCUT2D eigenvalue weighted by Crippen LogP contribution is 2.31. The molecule has 0 atom stereocenters. The second-order valence-electron chi connectivity index (χ2n) is 3.71. The number of hydrogen-bond acceptors (Lipinski definition) is 5. The molecule has 0 amide bonds. The number of pyridine rings is 1. The number of ether oxygens (including phenoxy) is 1. The third-order valence-corrected chi connectivity index (χ3v) is 3.74. The smallest absolute Gasteiger partial charge is 0.280 e. The van der Waals surface area contributed by atoms with Crippen molar-refractivity contribution in [3.05, 3.63) is 46.6 Å². The molecule has 0 aliphatic carbocycles. The van der Waals surface area contributed by atoms with Crippen LogP contribution in [0, 0.1) is 0 Å². The molecule has 1 aromatic carbocycles. The van der Waals surface area contributed by atoms with Gasteiger partial charge in [-0.05, 0) is 18.2 Å². The molecule has 6 heteroatoms. The molecule has 3 rings (SSSR count). The largest absolute Gasteiger partial charge is 0.431 e. The van der Waals surface area contributed by atoms with Gasteiger partial charge >= 0.3 is 0 Å². The van der Waals surface area contributed by atoms with Crippen LogP contribution in [0.2, 0.25) is 5.15 Å². The van der Waals surface area contributed by atoms with E-state index in [1.807, 2.05) is 30.3 Å². The van der Waals surface area contributed by atoms with E-state index in [1.54, 1.807) is 6.20 Å². The van der Waals surface area contributed by atoms with Crippen LogP contribution in [-0.2, 0) is 0 Å². The lowest BCUT2D eigenvalue weighted by Crippen LogP contribution is -1.84. The summed E-state index contributed by atoms with van der Waals surface area (Å²) in [7, 11) is 0. The normalized spacial score (nSPS) is 10.6. The van der Waals surface area contributed by atoms with E-state index >= 15 is 0 Å². The van der Waals surface area contributed by atoms with Crippen LogP contribution in [0.5, 0.6) is 10.9 Å². The summed E-state index contributed by atoms with van der Waals surface area (Å²) in [4.78, 5) is 19.3. The minimum Gasteiger partial charge on any atom is -0.431 e. The lowest BCUT2D eigenvalue weighted by Gasteiger charge is -2.02. The fourth-order valence-corrected chi connectivity index (χ4v) is 2.55. The molecule has 0 unspecified atom stereocenters. The predicted octanol–water partition coefficient (Wildman–Crippen LogP) is 3.95. The molecule has 94 valence electrons. The van der Waals surface area contributed by atoms with Crippen LogP contribution < -0.4 is 4.74 Å². The quantitative estimate of drug-likeness (QED) is 0.685. The number of nitrogens with zero attached hydrogens (tertiary/aromatic N) is 2. The van der Waals surface area contributed by atoms with E-state index in [4.69, 9.17) is 16.3 Å². The molecule has 0 saturated carbocycles. The Kier molecular flexibility index (Phi) is 3.15. The van der Waals surface area contributed by atoms with Gasteiger partial charge in [-0.3, -0.25) is 9.78 Å². The summed E-state index contributed by atoms with van der Waals surface area (Å²) in [6.45, 7) is 0. The van der Waals surface area contributed by atoms with E-state index in [0.717, 1.165) is 22.2 Å². The van der Waals surface area contributed by atoms with Crippen molar-refractivity contribution in [2.24, 2.45) is 0 Å². The standard InChI is InChI=1S/C13H7ClN2O2S/c14-12-11(7-17)19-13(16-12)18-9-4-3-8-2-1-5-15-10(8)6-9/h1-7H. The first-order valence-electron chi connectivity index (χ1n) is 5.40. The van der Waals surface area contributed by atoms with Crippen molar-refractivity contribution < 1.29 is 9.53 Å². The highest BCUT2D eigenvalue weighted by Gasteiger charge is 2.10. The molecule has 3 aromatic rings. The zero-order chi connectivity index (χ0) is 13.2. The van der Waals surface area contributed by atoms with Crippen molar-refractivity contribution in [3.8, 4) is 10.9 Å². The minimum absolute atomic E-state index is 0.161. The molecule has 0 bridgehead atoms. The van der Waals surface area contributed by atoms with Crippen LogP contribution in [0.3, 0.4) is 0 Å². The summed E-state index contributed by atoms with van der Waals surface area (Å²) in [5, 5.41) is 1.52. The van der Waals surface area contributed by atoms with Gasteiger partial charge in [0.15, 0.2) is 11.4 Å². The Morgan fingerprint density at radius 1 is 1.32 bits per heavy atom. The topological polar surface area (TPSA) is 52.1 Å².